The van der Waals surface area contributed by atoms with Crippen molar-refractivity contribution in [2.75, 3.05) is 7.11 Å². The van der Waals surface area contributed by atoms with Crippen molar-refractivity contribution >= 4 is 17.3 Å². The summed E-state index contributed by atoms with van der Waals surface area (Å²) < 4.78 is 34.4. The first kappa shape index (κ1) is 19.9. The smallest absolute Gasteiger partial charge is 0.313 e. The quantitative estimate of drug-likeness (QED) is 0.658. The van der Waals surface area contributed by atoms with E-state index in [1.165, 1.54) is 13.2 Å². The molecule has 0 heterocycles. The second kappa shape index (κ2) is 6.79. The van der Waals surface area contributed by atoms with Crippen molar-refractivity contribution < 1.29 is 18.5 Å². The Kier molecular flexibility index (Phi) is 5.88. The molecule has 0 saturated heterocycles. The number of ether oxygens (including phenoxy) is 1. The molecule has 1 N–H and O–H groups in total. The number of esters is 1. The Balaban J connectivity index is 3.49. The highest BCUT2D eigenvalue weighted by atomic mass is 32.2. The Bertz CT molecular complexity index is 571. The van der Waals surface area contributed by atoms with E-state index in [4.69, 9.17) is 4.74 Å². The zero-order valence-electron chi connectivity index (χ0n) is 14.8. The highest BCUT2D eigenvalue weighted by molar-refractivity contribution is 7.90. The first-order valence-electron chi connectivity index (χ1n) is 7.41. The van der Waals surface area contributed by atoms with Crippen LogP contribution in [-0.2, 0) is 26.4 Å². The van der Waals surface area contributed by atoms with E-state index in [-0.39, 0.29) is 5.56 Å². The molecule has 1 unspecified atom stereocenters. The summed E-state index contributed by atoms with van der Waals surface area (Å²) in [5, 5.41) is 0. The molecule has 0 bridgehead atoms. The number of halogens is 1. The number of nitrogens with one attached hydrogen (secondary N) is 1. The van der Waals surface area contributed by atoms with Crippen LogP contribution in [0.25, 0.3) is 0 Å². The highest BCUT2D eigenvalue weighted by Crippen LogP contribution is 2.42. The van der Waals surface area contributed by atoms with Crippen LogP contribution >= 0.6 is 0 Å². The summed E-state index contributed by atoms with van der Waals surface area (Å²) in [4.78, 5) is 12.3. The molecule has 0 aromatic heterocycles. The topological polar surface area (TPSA) is 61.4 Å². The van der Waals surface area contributed by atoms with Gasteiger partial charge in [0, 0.05) is 16.9 Å². The molecule has 6 heteroatoms. The number of rotatable bonds is 5. The van der Waals surface area contributed by atoms with Gasteiger partial charge in [-0.05, 0) is 47.6 Å². The summed E-state index contributed by atoms with van der Waals surface area (Å²) in [6, 6.07) is 6.17. The zero-order valence-corrected chi connectivity index (χ0v) is 15.6. The molecule has 1 aromatic carbocycles. The molecule has 0 amide bonds. The number of hydrogen-bond donors (Lipinski definition) is 1. The normalized spacial score (nSPS) is 16.6. The van der Waals surface area contributed by atoms with E-state index < -0.39 is 38.8 Å². The highest BCUT2D eigenvalue weighted by Gasteiger charge is 2.53. The Morgan fingerprint density at radius 2 is 1.70 bits per heavy atom. The van der Waals surface area contributed by atoms with Crippen molar-refractivity contribution in [2.24, 2.45) is 5.41 Å². The van der Waals surface area contributed by atoms with Crippen LogP contribution < -0.4 is 4.72 Å². The Morgan fingerprint density at radius 3 is 2.13 bits per heavy atom. The monoisotopic (exact) mass is 343 g/mol. The molecule has 0 saturated carbocycles. The van der Waals surface area contributed by atoms with Crippen molar-refractivity contribution in [3.05, 3.63) is 35.6 Å². The van der Waals surface area contributed by atoms with Gasteiger partial charge in [-0.2, -0.15) is 0 Å². The third-order valence-electron chi connectivity index (χ3n) is 4.21. The second-order valence-electron chi connectivity index (χ2n) is 7.20. The molecular formula is C17H26FNO3S. The molecule has 2 atom stereocenters. The molecular weight excluding hydrogens is 317 g/mol. The molecule has 130 valence electrons. The molecule has 0 fully saturated rings. The Hall–Kier alpha value is -1.11. The Morgan fingerprint density at radius 1 is 1.17 bits per heavy atom. The van der Waals surface area contributed by atoms with E-state index in [2.05, 4.69) is 4.72 Å². The molecule has 4 nitrogen and oxygen atoms in total. The van der Waals surface area contributed by atoms with Crippen LogP contribution in [0.5, 0.6) is 0 Å². The number of benzene rings is 1. The predicted molar refractivity (Wildman–Crippen MR) is 90.6 cm³/mol. The van der Waals surface area contributed by atoms with E-state index in [1.807, 2.05) is 20.8 Å². The van der Waals surface area contributed by atoms with E-state index in [1.54, 1.807) is 39.0 Å². The van der Waals surface area contributed by atoms with Gasteiger partial charge in [0.2, 0.25) is 0 Å². The molecule has 23 heavy (non-hydrogen) atoms. The SMILES string of the molecule is COC(=O)C(C)(C)[C@](C)(N[S+]([O-])C(C)(C)C)c1ccccc1F. The fourth-order valence-corrected chi connectivity index (χ4v) is 3.23. The van der Waals surface area contributed by atoms with E-state index in [0.717, 1.165) is 0 Å². The first-order chi connectivity index (χ1) is 10.4. The number of methoxy groups -OCH3 is 1. The predicted octanol–water partition coefficient (Wildman–Crippen LogP) is 3.29. The maximum atomic E-state index is 14.4. The minimum Gasteiger partial charge on any atom is -0.598 e. The second-order valence-corrected chi connectivity index (χ2v) is 9.17. The lowest BCUT2D eigenvalue weighted by Crippen LogP contribution is -2.59. The van der Waals surface area contributed by atoms with Gasteiger partial charge in [0.25, 0.3) is 0 Å². The van der Waals surface area contributed by atoms with E-state index >= 15 is 0 Å². The zero-order chi connectivity index (χ0) is 18.1. The van der Waals surface area contributed by atoms with Gasteiger partial charge in [-0.15, -0.1) is 4.72 Å². The van der Waals surface area contributed by atoms with Gasteiger partial charge in [0.05, 0.1) is 12.5 Å². The van der Waals surface area contributed by atoms with Crippen molar-refractivity contribution in [1.29, 1.82) is 0 Å². The molecule has 1 aromatic rings. The molecule has 0 aliphatic rings. The van der Waals surface area contributed by atoms with Gasteiger partial charge in [0.1, 0.15) is 16.1 Å². The average Bonchev–Trinajstić information content (AvgIpc) is 2.45. The summed E-state index contributed by atoms with van der Waals surface area (Å²) in [7, 11) is 1.28. The van der Waals surface area contributed by atoms with Crippen LogP contribution in [0.4, 0.5) is 4.39 Å². The van der Waals surface area contributed by atoms with E-state index in [9.17, 15) is 13.7 Å². The van der Waals surface area contributed by atoms with Crippen LogP contribution in [0, 0.1) is 11.2 Å². The standard InChI is InChI=1S/C17H26FNO3S/c1-15(2,3)23(21)19-17(6,16(4,5)14(20)22-7)12-10-8-9-11-13(12)18/h8-11,19H,1-7H3/t17-,23?/m1/s1. The fourth-order valence-electron chi connectivity index (χ4n) is 2.18. The van der Waals surface area contributed by atoms with Crippen molar-refractivity contribution in [3.8, 4) is 0 Å². The minimum atomic E-state index is -1.50. The average molecular weight is 343 g/mol. The van der Waals surface area contributed by atoms with Crippen molar-refractivity contribution in [2.45, 2.75) is 51.8 Å². The number of hydrogen-bond acceptors (Lipinski definition) is 4. The van der Waals surface area contributed by atoms with Gasteiger partial charge in [0.15, 0.2) is 0 Å². The molecule has 0 radical (unpaired) electrons. The minimum absolute atomic E-state index is 0.271. The van der Waals surface area contributed by atoms with Crippen LogP contribution in [0.15, 0.2) is 24.3 Å². The largest absolute Gasteiger partial charge is 0.598 e. The van der Waals surface area contributed by atoms with E-state index in [0.29, 0.717) is 0 Å². The first-order valence-corrected chi connectivity index (χ1v) is 8.56. The molecule has 0 spiro atoms. The maximum Gasteiger partial charge on any atom is 0.313 e. The van der Waals surface area contributed by atoms with Gasteiger partial charge >= 0.3 is 5.97 Å². The summed E-state index contributed by atoms with van der Waals surface area (Å²) >= 11 is -1.50. The lowest BCUT2D eigenvalue weighted by molar-refractivity contribution is -0.155. The third kappa shape index (κ3) is 3.87. The van der Waals surface area contributed by atoms with Crippen LogP contribution in [-0.4, -0.2) is 22.4 Å². The maximum absolute atomic E-state index is 14.4. The summed E-state index contributed by atoms with van der Waals surface area (Å²) in [5.74, 6) is -0.980. The van der Waals surface area contributed by atoms with Crippen LogP contribution in [0.1, 0.15) is 47.1 Å². The summed E-state index contributed by atoms with van der Waals surface area (Å²) in [6.07, 6.45) is 0. The van der Waals surface area contributed by atoms with Crippen LogP contribution in [0.3, 0.4) is 0 Å². The van der Waals surface area contributed by atoms with Crippen molar-refractivity contribution in [1.82, 2.24) is 4.72 Å². The lowest BCUT2D eigenvalue weighted by atomic mass is 9.69. The molecule has 1 rings (SSSR count). The van der Waals surface area contributed by atoms with Crippen molar-refractivity contribution in [3.63, 3.8) is 0 Å². The molecule has 0 aliphatic heterocycles. The number of carbonyl (C=O) groups is 1. The fraction of sp³-hybridized carbons (Fsp3) is 0.588. The van der Waals surface area contributed by atoms with Gasteiger partial charge in [-0.25, -0.2) is 4.39 Å². The van der Waals surface area contributed by atoms with Crippen LogP contribution in [0.2, 0.25) is 0 Å². The summed E-state index contributed by atoms with van der Waals surface area (Å²) in [6.45, 7) is 10.4. The number of carbonyl (C=O) groups excluding carboxylic acids is 1. The lowest BCUT2D eigenvalue weighted by Gasteiger charge is -2.43. The summed E-state index contributed by atoms with van der Waals surface area (Å²) in [5.41, 5.74) is -2.10. The molecule has 0 aliphatic carbocycles. The van der Waals surface area contributed by atoms with Gasteiger partial charge in [-0.1, -0.05) is 18.2 Å². The third-order valence-corrected chi connectivity index (χ3v) is 5.92. The Labute approximate surface area is 141 Å². The van der Waals surface area contributed by atoms with Gasteiger partial charge < -0.3 is 9.29 Å². The van der Waals surface area contributed by atoms with Gasteiger partial charge in [-0.3, -0.25) is 4.79 Å².